The maximum Gasteiger partial charge on any atom is 0.0178 e. The Morgan fingerprint density at radius 2 is 2.22 bits per heavy atom. The lowest BCUT2D eigenvalue weighted by atomic mass is 10.0. The molecule has 0 amide bonds. The van der Waals surface area contributed by atoms with E-state index < -0.39 is 0 Å². The highest BCUT2D eigenvalue weighted by Crippen LogP contribution is 2.14. The third-order valence-corrected chi connectivity index (χ3v) is 3.34. The maximum atomic E-state index is 3.61. The molecule has 0 heterocycles. The van der Waals surface area contributed by atoms with Crippen LogP contribution in [-0.4, -0.2) is 12.6 Å². The molecule has 0 saturated carbocycles. The van der Waals surface area contributed by atoms with E-state index >= 15 is 0 Å². The Bertz CT molecular complexity index is 403. The zero-order chi connectivity index (χ0) is 13.2. The molecule has 1 aromatic rings. The van der Waals surface area contributed by atoms with Crippen LogP contribution in [0.5, 0.6) is 0 Å². The molecule has 0 aliphatic heterocycles. The first kappa shape index (κ1) is 15.3. The van der Waals surface area contributed by atoms with Crippen molar-refractivity contribution in [3.8, 4) is 11.8 Å². The van der Waals surface area contributed by atoms with Crippen LogP contribution in [-0.2, 0) is 6.42 Å². The van der Waals surface area contributed by atoms with E-state index in [9.17, 15) is 0 Å². The van der Waals surface area contributed by atoms with Gasteiger partial charge in [-0.3, -0.25) is 0 Å². The van der Waals surface area contributed by atoms with Crippen LogP contribution in [0.2, 0.25) is 0 Å². The molecule has 0 bridgehead atoms. The molecule has 0 saturated heterocycles. The van der Waals surface area contributed by atoms with Crippen molar-refractivity contribution in [2.75, 3.05) is 6.54 Å². The van der Waals surface area contributed by atoms with E-state index in [4.69, 9.17) is 0 Å². The van der Waals surface area contributed by atoms with Gasteiger partial charge in [-0.25, -0.2) is 0 Å². The molecule has 0 aromatic heterocycles. The van der Waals surface area contributed by atoms with Gasteiger partial charge in [-0.15, -0.1) is 11.8 Å². The minimum atomic E-state index is 0.528. The second-order valence-electron chi connectivity index (χ2n) is 4.45. The van der Waals surface area contributed by atoms with Gasteiger partial charge in [0.2, 0.25) is 0 Å². The first-order chi connectivity index (χ1) is 8.76. The minimum Gasteiger partial charge on any atom is -0.314 e. The summed E-state index contributed by atoms with van der Waals surface area (Å²) in [5.74, 6) is 6.12. The Kier molecular flexibility index (Phi) is 7.80. The van der Waals surface area contributed by atoms with Crippen molar-refractivity contribution in [2.45, 2.75) is 45.6 Å². The highest BCUT2D eigenvalue weighted by Gasteiger charge is 2.08. The van der Waals surface area contributed by atoms with Gasteiger partial charge in [0.25, 0.3) is 0 Å². The Morgan fingerprint density at radius 3 is 2.89 bits per heavy atom. The molecule has 0 aliphatic rings. The van der Waals surface area contributed by atoms with Crippen LogP contribution in [0.4, 0.5) is 0 Å². The molecule has 0 spiro atoms. The number of rotatable bonds is 7. The van der Waals surface area contributed by atoms with Crippen LogP contribution >= 0.6 is 15.9 Å². The van der Waals surface area contributed by atoms with Crippen molar-refractivity contribution >= 4 is 15.9 Å². The molecule has 18 heavy (non-hydrogen) atoms. The van der Waals surface area contributed by atoms with Gasteiger partial charge in [0, 0.05) is 16.9 Å². The molecule has 1 aromatic carbocycles. The van der Waals surface area contributed by atoms with Crippen LogP contribution in [0.3, 0.4) is 0 Å². The lowest BCUT2D eigenvalue weighted by Gasteiger charge is -2.17. The van der Waals surface area contributed by atoms with Crippen LogP contribution < -0.4 is 5.32 Å². The van der Waals surface area contributed by atoms with Crippen molar-refractivity contribution in [3.05, 3.63) is 34.3 Å². The number of halogens is 1. The van der Waals surface area contributed by atoms with E-state index in [0.717, 1.165) is 30.3 Å². The first-order valence-corrected chi connectivity index (χ1v) is 7.43. The molecule has 0 radical (unpaired) electrons. The summed E-state index contributed by atoms with van der Waals surface area (Å²) >= 11 is 3.53. The lowest BCUT2D eigenvalue weighted by Crippen LogP contribution is -2.31. The lowest BCUT2D eigenvalue weighted by molar-refractivity contribution is 0.483. The smallest absolute Gasteiger partial charge is 0.0178 e. The molecule has 0 fully saturated rings. The Morgan fingerprint density at radius 1 is 1.39 bits per heavy atom. The highest BCUT2D eigenvalue weighted by atomic mass is 79.9. The van der Waals surface area contributed by atoms with Crippen LogP contribution in [0, 0.1) is 11.8 Å². The van der Waals surface area contributed by atoms with Crippen molar-refractivity contribution in [3.63, 3.8) is 0 Å². The summed E-state index contributed by atoms with van der Waals surface area (Å²) in [4.78, 5) is 0. The molecule has 1 atom stereocenters. The number of benzene rings is 1. The summed E-state index contributed by atoms with van der Waals surface area (Å²) < 4.78 is 1.16. The third kappa shape index (κ3) is 6.23. The van der Waals surface area contributed by atoms with Crippen LogP contribution in [0.1, 0.15) is 38.7 Å². The largest absolute Gasteiger partial charge is 0.314 e. The second kappa shape index (κ2) is 9.19. The highest BCUT2D eigenvalue weighted by molar-refractivity contribution is 9.10. The second-order valence-corrected chi connectivity index (χ2v) is 5.37. The standard InChI is InChI=1S/C16H22BrN/c1-3-5-6-10-16(18-11-4-2)13-14-8-7-9-15(17)12-14/h7-9,12,16,18H,4,6,10-11,13H2,1-2H3. The minimum absolute atomic E-state index is 0.528. The van der Waals surface area contributed by atoms with Gasteiger partial charge in [-0.1, -0.05) is 35.0 Å². The molecule has 1 unspecified atom stereocenters. The summed E-state index contributed by atoms with van der Waals surface area (Å²) in [5.41, 5.74) is 1.38. The van der Waals surface area contributed by atoms with Crippen LogP contribution in [0.25, 0.3) is 0 Å². The van der Waals surface area contributed by atoms with Gasteiger partial charge in [0.05, 0.1) is 0 Å². The van der Waals surface area contributed by atoms with Gasteiger partial charge in [-0.2, -0.15) is 0 Å². The SMILES string of the molecule is CC#CCCC(Cc1cccc(Br)c1)NCCC. The molecular formula is C16H22BrN. The number of nitrogens with one attached hydrogen (secondary N) is 1. The van der Waals surface area contributed by atoms with E-state index in [1.165, 1.54) is 12.0 Å². The van der Waals surface area contributed by atoms with Gasteiger partial charge in [0.1, 0.15) is 0 Å². The molecule has 1 N–H and O–H groups in total. The Hall–Kier alpha value is -0.780. The van der Waals surface area contributed by atoms with E-state index in [1.807, 2.05) is 6.92 Å². The fraction of sp³-hybridized carbons (Fsp3) is 0.500. The van der Waals surface area contributed by atoms with E-state index in [-0.39, 0.29) is 0 Å². The van der Waals surface area contributed by atoms with Crippen molar-refractivity contribution in [1.29, 1.82) is 0 Å². The first-order valence-electron chi connectivity index (χ1n) is 6.63. The summed E-state index contributed by atoms with van der Waals surface area (Å²) in [6.45, 7) is 5.19. The maximum absolute atomic E-state index is 3.61. The van der Waals surface area contributed by atoms with Crippen LogP contribution in [0.15, 0.2) is 28.7 Å². The van der Waals surface area contributed by atoms with Gasteiger partial charge < -0.3 is 5.32 Å². The van der Waals surface area contributed by atoms with Gasteiger partial charge >= 0.3 is 0 Å². The Balaban J connectivity index is 2.55. The molecule has 1 rings (SSSR count). The molecular weight excluding hydrogens is 286 g/mol. The molecule has 98 valence electrons. The predicted molar refractivity (Wildman–Crippen MR) is 82.6 cm³/mol. The van der Waals surface area contributed by atoms with Gasteiger partial charge in [-0.05, 0) is 50.4 Å². The molecule has 1 nitrogen and oxygen atoms in total. The summed E-state index contributed by atoms with van der Waals surface area (Å²) in [7, 11) is 0. The predicted octanol–water partition coefficient (Wildman–Crippen LogP) is 4.16. The average molecular weight is 308 g/mol. The Labute approximate surface area is 119 Å². The molecule has 0 aliphatic carbocycles. The molecule has 2 heteroatoms. The monoisotopic (exact) mass is 307 g/mol. The van der Waals surface area contributed by atoms with Gasteiger partial charge in [0.15, 0.2) is 0 Å². The van der Waals surface area contributed by atoms with Crippen molar-refractivity contribution < 1.29 is 0 Å². The normalized spacial score (nSPS) is 11.7. The summed E-state index contributed by atoms with van der Waals surface area (Å²) in [6.07, 6.45) is 4.35. The zero-order valence-corrected chi connectivity index (χ0v) is 12.9. The fourth-order valence-electron chi connectivity index (χ4n) is 1.94. The zero-order valence-electron chi connectivity index (χ0n) is 11.3. The quantitative estimate of drug-likeness (QED) is 0.746. The number of hydrogen-bond acceptors (Lipinski definition) is 1. The average Bonchev–Trinajstić information content (AvgIpc) is 2.36. The topological polar surface area (TPSA) is 12.0 Å². The summed E-state index contributed by atoms with van der Waals surface area (Å²) in [6, 6.07) is 9.09. The van der Waals surface area contributed by atoms with Crippen molar-refractivity contribution in [1.82, 2.24) is 5.32 Å². The van der Waals surface area contributed by atoms with E-state index in [0.29, 0.717) is 6.04 Å². The van der Waals surface area contributed by atoms with E-state index in [2.05, 4.69) is 64.3 Å². The van der Waals surface area contributed by atoms with E-state index in [1.54, 1.807) is 0 Å². The number of hydrogen-bond donors (Lipinski definition) is 1. The van der Waals surface area contributed by atoms with Crippen molar-refractivity contribution in [2.24, 2.45) is 0 Å². The third-order valence-electron chi connectivity index (χ3n) is 2.85. The summed E-state index contributed by atoms with van der Waals surface area (Å²) in [5, 5.41) is 3.61. The fourth-order valence-corrected chi connectivity index (χ4v) is 2.39.